The van der Waals surface area contributed by atoms with Gasteiger partial charge in [0.25, 0.3) is 0 Å². The van der Waals surface area contributed by atoms with Crippen molar-refractivity contribution in [3.63, 3.8) is 0 Å². The van der Waals surface area contributed by atoms with E-state index < -0.39 is 0 Å². The van der Waals surface area contributed by atoms with Gasteiger partial charge in [0, 0.05) is 5.54 Å². The predicted molar refractivity (Wildman–Crippen MR) is 76.9 cm³/mol. The minimum absolute atomic E-state index is 0.136. The van der Waals surface area contributed by atoms with Crippen LogP contribution in [0.1, 0.15) is 38.2 Å². The zero-order valence-corrected chi connectivity index (χ0v) is 12.4. The van der Waals surface area contributed by atoms with E-state index in [0.29, 0.717) is 0 Å². The standard InChI is InChI=1S/C15H20BrNO/c1-15(7-2-8-17-15)12-5-6-14(13(16)9-12)18-10-11-3-4-11/h5-6,9,11,17H,2-4,7-8,10H2,1H3. The number of hydrogen-bond acceptors (Lipinski definition) is 2. The maximum atomic E-state index is 5.84. The van der Waals surface area contributed by atoms with E-state index in [1.807, 2.05) is 0 Å². The van der Waals surface area contributed by atoms with Crippen molar-refractivity contribution < 1.29 is 4.74 Å². The molecule has 1 atom stereocenters. The molecule has 1 aliphatic carbocycles. The maximum Gasteiger partial charge on any atom is 0.133 e. The minimum Gasteiger partial charge on any atom is -0.492 e. The van der Waals surface area contributed by atoms with Crippen molar-refractivity contribution in [3.8, 4) is 5.75 Å². The number of benzene rings is 1. The molecule has 1 N–H and O–H groups in total. The smallest absolute Gasteiger partial charge is 0.133 e. The van der Waals surface area contributed by atoms with Crippen molar-refractivity contribution in [2.45, 2.75) is 38.1 Å². The molecule has 0 aromatic heterocycles. The van der Waals surface area contributed by atoms with E-state index in [0.717, 1.165) is 29.3 Å². The summed E-state index contributed by atoms with van der Waals surface area (Å²) in [7, 11) is 0. The molecule has 2 fully saturated rings. The van der Waals surface area contributed by atoms with Crippen LogP contribution in [-0.4, -0.2) is 13.2 Å². The third-order valence-electron chi connectivity index (χ3n) is 4.11. The monoisotopic (exact) mass is 309 g/mol. The first kappa shape index (κ1) is 12.5. The van der Waals surface area contributed by atoms with Crippen LogP contribution in [0.3, 0.4) is 0 Å². The van der Waals surface area contributed by atoms with Gasteiger partial charge in [-0.25, -0.2) is 0 Å². The first-order chi connectivity index (χ1) is 8.67. The molecule has 18 heavy (non-hydrogen) atoms. The summed E-state index contributed by atoms with van der Waals surface area (Å²) in [6.45, 7) is 4.27. The molecular weight excluding hydrogens is 290 g/mol. The van der Waals surface area contributed by atoms with Crippen molar-refractivity contribution in [1.82, 2.24) is 5.32 Å². The highest BCUT2D eigenvalue weighted by molar-refractivity contribution is 9.10. The Morgan fingerprint density at radius 3 is 2.89 bits per heavy atom. The van der Waals surface area contributed by atoms with Gasteiger partial charge in [-0.15, -0.1) is 0 Å². The molecule has 0 bridgehead atoms. The van der Waals surface area contributed by atoms with E-state index in [-0.39, 0.29) is 5.54 Å². The van der Waals surface area contributed by atoms with E-state index >= 15 is 0 Å². The van der Waals surface area contributed by atoms with Crippen LogP contribution in [0, 0.1) is 5.92 Å². The Morgan fingerprint density at radius 1 is 1.44 bits per heavy atom. The van der Waals surface area contributed by atoms with E-state index in [9.17, 15) is 0 Å². The predicted octanol–water partition coefficient (Wildman–Crippen LogP) is 3.84. The van der Waals surface area contributed by atoms with Gasteiger partial charge in [0.2, 0.25) is 0 Å². The Balaban J connectivity index is 1.74. The van der Waals surface area contributed by atoms with Crippen LogP contribution < -0.4 is 10.1 Å². The lowest BCUT2D eigenvalue weighted by Gasteiger charge is -2.25. The van der Waals surface area contributed by atoms with Gasteiger partial charge >= 0.3 is 0 Å². The van der Waals surface area contributed by atoms with Gasteiger partial charge in [-0.1, -0.05) is 6.07 Å². The second-order valence-corrected chi connectivity index (χ2v) is 6.62. The fourth-order valence-corrected chi connectivity index (χ4v) is 3.09. The quantitative estimate of drug-likeness (QED) is 0.912. The van der Waals surface area contributed by atoms with Crippen molar-refractivity contribution in [2.24, 2.45) is 5.92 Å². The maximum absolute atomic E-state index is 5.84. The number of nitrogens with one attached hydrogen (secondary N) is 1. The molecule has 3 rings (SSSR count). The molecule has 3 heteroatoms. The molecule has 2 nitrogen and oxygen atoms in total. The molecule has 1 aromatic rings. The largest absolute Gasteiger partial charge is 0.492 e. The van der Waals surface area contributed by atoms with Crippen LogP contribution in [0.15, 0.2) is 22.7 Å². The lowest BCUT2D eigenvalue weighted by atomic mass is 9.91. The molecule has 1 heterocycles. The number of hydrogen-bond donors (Lipinski definition) is 1. The summed E-state index contributed by atoms with van der Waals surface area (Å²) >= 11 is 3.64. The molecule has 1 unspecified atom stereocenters. The highest BCUT2D eigenvalue weighted by Crippen LogP contribution is 2.36. The van der Waals surface area contributed by atoms with E-state index in [4.69, 9.17) is 4.74 Å². The average molecular weight is 310 g/mol. The van der Waals surface area contributed by atoms with E-state index in [1.165, 1.54) is 31.2 Å². The highest BCUT2D eigenvalue weighted by Gasteiger charge is 2.30. The van der Waals surface area contributed by atoms with Crippen molar-refractivity contribution >= 4 is 15.9 Å². The number of ether oxygens (including phenoxy) is 1. The first-order valence-electron chi connectivity index (χ1n) is 6.85. The van der Waals surface area contributed by atoms with Crippen LogP contribution in [0.4, 0.5) is 0 Å². The molecule has 1 aromatic carbocycles. The fraction of sp³-hybridized carbons (Fsp3) is 0.600. The van der Waals surface area contributed by atoms with E-state index in [2.05, 4.69) is 46.4 Å². The Bertz CT molecular complexity index is 436. The van der Waals surface area contributed by atoms with Gasteiger partial charge in [-0.2, -0.15) is 0 Å². The summed E-state index contributed by atoms with van der Waals surface area (Å²) in [5.74, 6) is 1.78. The highest BCUT2D eigenvalue weighted by atomic mass is 79.9. The molecule has 0 amide bonds. The molecular formula is C15H20BrNO. The van der Waals surface area contributed by atoms with Crippen LogP contribution in [0.5, 0.6) is 5.75 Å². The van der Waals surface area contributed by atoms with Crippen LogP contribution in [0.2, 0.25) is 0 Å². The third-order valence-corrected chi connectivity index (χ3v) is 4.73. The molecule has 0 radical (unpaired) electrons. The fourth-order valence-electron chi connectivity index (χ4n) is 2.59. The summed E-state index contributed by atoms with van der Waals surface area (Å²) in [6.07, 6.45) is 5.13. The van der Waals surface area contributed by atoms with Crippen LogP contribution in [-0.2, 0) is 5.54 Å². The van der Waals surface area contributed by atoms with E-state index in [1.54, 1.807) is 0 Å². The Kier molecular flexibility index (Phi) is 3.37. The SMILES string of the molecule is CC1(c2ccc(OCC3CC3)c(Br)c2)CCCN1. The van der Waals surface area contributed by atoms with Crippen LogP contribution >= 0.6 is 15.9 Å². The molecule has 1 aliphatic heterocycles. The molecule has 1 saturated heterocycles. The summed E-state index contributed by atoms with van der Waals surface area (Å²) in [5.41, 5.74) is 1.49. The lowest BCUT2D eigenvalue weighted by molar-refractivity contribution is 0.297. The van der Waals surface area contributed by atoms with Gasteiger partial charge in [0.15, 0.2) is 0 Å². The van der Waals surface area contributed by atoms with Crippen molar-refractivity contribution in [2.75, 3.05) is 13.2 Å². The normalized spacial score (nSPS) is 27.4. The third kappa shape index (κ3) is 2.57. The van der Waals surface area contributed by atoms with Crippen LogP contribution in [0.25, 0.3) is 0 Å². The molecule has 2 aliphatic rings. The first-order valence-corrected chi connectivity index (χ1v) is 7.64. The number of rotatable bonds is 4. The van der Waals surface area contributed by atoms with Crippen molar-refractivity contribution in [3.05, 3.63) is 28.2 Å². The van der Waals surface area contributed by atoms with Gasteiger partial charge in [0.1, 0.15) is 5.75 Å². The second kappa shape index (κ2) is 4.86. The zero-order chi connectivity index (χ0) is 12.6. The molecule has 1 saturated carbocycles. The minimum atomic E-state index is 0.136. The van der Waals surface area contributed by atoms with Crippen molar-refractivity contribution in [1.29, 1.82) is 0 Å². The van der Waals surface area contributed by atoms with Gasteiger partial charge in [0.05, 0.1) is 11.1 Å². The summed E-state index contributed by atoms with van der Waals surface area (Å²) in [4.78, 5) is 0. The molecule has 98 valence electrons. The summed E-state index contributed by atoms with van der Waals surface area (Å²) < 4.78 is 6.92. The van der Waals surface area contributed by atoms with Gasteiger partial charge < -0.3 is 10.1 Å². The molecule has 0 spiro atoms. The zero-order valence-electron chi connectivity index (χ0n) is 10.8. The lowest BCUT2D eigenvalue weighted by Crippen LogP contribution is -2.33. The Labute approximate surface area is 117 Å². The summed E-state index contributed by atoms with van der Waals surface area (Å²) in [6, 6.07) is 6.51. The topological polar surface area (TPSA) is 21.3 Å². The Hall–Kier alpha value is -0.540. The summed E-state index contributed by atoms with van der Waals surface area (Å²) in [5, 5.41) is 3.59. The number of halogens is 1. The van der Waals surface area contributed by atoms with Gasteiger partial charge in [-0.3, -0.25) is 0 Å². The average Bonchev–Trinajstić information content (AvgIpc) is 3.08. The van der Waals surface area contributed by atoms with Gasteiger partial charge in [-0.05, 0) is 78.7 Å². The second-order valence-electron chi connectivity index (χ2n) is 5.76. The Morgan fingerprint density at radius 2 is 2.28 bits per heavy atom.